The number of carbonyl (C=O) groups is 4. The number of benzene rings is 2. The van der Waals surface area contributed by atoms with Gasteiger partial charge in [-0.15, -0.1) is 5.10 Å². The van der Waals surface area contributed by atoms with Gasteiger partial charge in [0.2, 0.25) is 29.5 Å². The summed E-state index contributed by atoms with van der Waals surface area (Å²) in [5.74, 6) is -3.19. The summed E-state index contributed by atoms with van der Waals surface area (Å²) < 4.78 is 0. The van der Waals surface area contributed by atoms with Gasteiger partial charge >= 0.3 is 0 Å². The number of carbonyl (C=O) groups excluding carboxylic acids is 4. The minimum absolute atomic E-state index is 0.0995. The Balaban J connectivity index is 1.80. The molecule has 15 heteroatoms. The van der Waals surface area contributed by atoms with Gasteiger partial charge < -0.3 is 38.9 Å². The highest BCUT2D eigenvalue weighted by atomic mass is 16.2. The van der Waals surface area contributed by atoms with E-state index in [0.29, 0.717) is 6.42 Å². The molecule has 1 heterocycles. The lowest BCUT2D eigenvalue weighted by Crippen LogP contribution is -2.57. The van der Waals surface area contributed by atoms with E-state index in [4.69, 9.17) is 22.9 Å². The maximum atomic E-state index is 13.6. The van der Waals surface area contributed by atoms with Gasteiger partial charge in [-0.25, -0.2) is 0 Å². The van der Waals surface area contributed by atoms with Gasteiger partial charge in [-0.05, 0) is 24.0 Å². The van der Waals surface area contributed by atoms with Gasteiger partial charge in [0.05, 0.1) is 0 Å². The quantitative estimate of drug-likeness (QED) is 0.0591. The smallest absolute Gasteiger partial charge is 0.289 e. The summed E-state index contributed by atoms with van der Waals surface area (Å²) in [6, 6.07) is 14.8. The van der Waals surface area contributed by atoms with Crippen LogP contribution in [-0.2, 0) is 27.2 Å². The Bertz CT molecular complexity index is 1370. The van der Waals surface area contributed by atoms with Gasteiger partial charge in [0.15, 0.2) is 5.96 Å². The first-order valence-corrected chi connectivity index (χ1v) is 13.1. The zero-order chi connectivity index (χ0) is 30.5. The second-order valence-corrected chi connectivity index (χ2v) is 9.42. The number of nitrogens with zero attached hydrogens (tertiary/aromatic N) is 3. The fourth-order valence-electron chi connectivity index (χ4n) is 4.05. The molecule has 1 aromatic heterocycles. The molecule has 0 aliphatic carbocycles. The van der Waals surface area contributed by atoms with E-state index >= 15 is 0 Å². The maximum Gasteiger partial charge on any atom is 0.289 e. The lowest BCUT2D eigenvalue weighted by molar-refractivity contribution is -0.132. The van der Waals surface area contributed by atoms with Gasteiger partial charge in [-0.3, -0.25) is 29.3 Å². The van der Waals surface area contributed by atoms with Gasteiger partial charge in [0.25, 0.3) is 5.91 Å². The van der Waals surface area contributed by atoms with E-state index in [1.807, 2.05) is 12.1 Å². The van der Waals surface area contributed by atoms with Crippen molar-refractivity contribution in [3.63, 3.8) is 0 Å². The highest BCUT2D eigenvalue weighted by Gasteiger charge is 2.30. The number of anilines is 1. The largest absolute Gasteiger partial charge is 0.370 e. The molecule has 0 saturated heterocycles. The summed E-state index contributed by atoms with van der Waals surface area (Å²) >= 11 is 0. The van der Waals surface area contributed by atoms with Crippen molar-refractivity contribution in [1.29, 1.82) is 0 Å². The summed E-state index contributed by atoms with van der Waals surface area (Å²) in [5.41, 5.74) is 23.4. The number of aromatic nitrogens is 3. The van der Waals surface area contributed by atoms with E-state index in [1.165, 1.54) is 0 Å². The molecule has 3 rings (SSSR count). The fraction of sp³-hybridized carbons (Fsp3) is 0.296. The Morgan fingerprint density at radius 3 is 1.86 bits per heavy atom. The average Bonchev–Trinajstić information content (AvgIpc) is 3.41. The monoisotopic (exact) mass is 577 g/mol. The zero-order valence-electron chi connectivity index (χ0n) is 22.8. The van der Waals surface area contributed by atoms with Gasteiger partial charge in [0.1, 0.15) is 18.1 Å². The molecule has 3 aromatic rings. The first kappa shape index (κ1) is 31.1. The molecule has 0 radical (unpaired) electrons. The molecule has 0 unspecified atom stereocenters. The van der Waals surface area contributed by atoms with E-state index < -0.39 is 41.8 Å². The van der Waals surface area contributed by atoms with Gasteiger partial charge in [-0.1, -0.05) is 60.7 Å². The van der Waals surface area contributed by atoms with Crippen molar-refractivity contribution in [2.75, 3.05) is 12.3 Å². The Morgan fingerprint density at radius 2 is 1.33 bits per heavy atom. The molecule has 42 heavy (non-hydrogen) atoms. The van der Waals surface area contributed by atoms with Crippen LogP contribution < -0.4 is 38.9 Å². The standard InChI is InChI=1S/C27H35N11O4/c28-21(39)19(14-16-8-3-1-4-9-16)34-23(40)18(12-7-13-32-26(29)30)33-24(41)20(15-17-10-5-2-6-11-17)35-25(42)22-36-27(31)38-37-22/h1-6,8-11,18-20H,7,12-15H2,(H2,28,39)(H,33,41)(H,34,40)(H,35,42)(H4,29,30,32)(H3,31,36,37,38)/t18-,19-,20-/m0/s1. The third-order valence-electron chi connectivity index (χ3n) is 6.14. The van der Waals surface area contributed by atoms with Gasteiger partial charge in [0, 0.05) is 19.4 Å². The summed E-state index contributed by atoms with van der Waals surface area (Å²) in [6.07, 6.45) is 0.699. The SMILES string of the molecule is NC(=O)[C@H](Cc1ccccc1)NC(=O)[C@H](CCCN=C(N)N)NC(=O)[C@H](Cc1ccccc1)NC(=O)c1nc(N)n[nH]1. The van der Waals surface area contributed by atoms with E-state index in [2.05, 4.69) is 36.1 Å². The molecule has 12 N–H and O–H groups in total. The Labute approximate surface area is 241 Å². The molecule has 0 saturated carbocycles. The van der Waals surface area contributed by atoms with E-state index in [1.54, 1.807) is 48.5 Å². The molecule has 0 aliphatic heterocycles. The molecular weight excluding hydrogens is 542 g/mol. The second-order valence-electron chi connectivity index (χ2n) is 9.42. The van der Waals surface area contributed by atoms with Crippen LogP contribution in [0.25, 0.3) is 0 Å². The number of nitrogens with one attached hydrogen (secondary N) is 4. The predicted octanol–water partition coefficient (Wildman–Crippen LogP) is -1.52. The minimum Gasteiger partial charge on any atom is -0.370 e. The molecule has 4 amide bonds. The summed E-state index contributed by atoms with van der Waals surface area (Å²) in [7, 11) is 0. The van der Waals surface area contributed by atoms with Gasteiger partial charge in [-0.2, -0.15) is 4.98 Å². The number of nitrogens with two attached hydrogens (primary N) is 4. The number of aliphatic imine (C=N–C) groups is 1. The van der Waals surface area contributed by atoms with Crippen LogP contribution in [0, 0.1) is 0 Å². The zero-order valence-corrected chi connectivity index (χ0v) is 22.8. The number of amides is 4. The van der Waals surface area contributed by atoms with E-state index in [-0.39, 0.29) is 43.5 Å². The molecule has 0 fully saturated rings. The highest BCUT2D eigenvalue weighted by molar-refractivity contribution is 5.97. The molecule has 0 spiro atoms. The minimum atomic E-state index is -1.12. The van der Waals surface area contributed by atoms with Crippen molar-refractivity contribution in [2.45, 2.75) is 43.8 Å². The first-order chi connectivity index (χ1) is 20.1. The van der Waals surface area contributed by atoms with Crippen LogP contribution in [0.4, 0.5) is 5.95 Å². The van der Waals surface area contributed by atoms with Crippen molar-refractivity contribution in [2.24, 2.45) is 22.2 Å². The molecule has 15 nitrogen and oxygen atoms in total. The number of hydrogen-bond donors (Lipinski definition) is 8. The highest BCUT2D eigenvalue weighted by Crippen LogP contribution is 2.08. The Morgan fingerprint density at radius 1 is 0.786 bits per heavy atom. The third-order valence-corrected chi connectivity index (χ3v) is 6.14. The molecule has 2 aromatic carbocycles. The predicted molar refractivity (Wildman–Crippen MR) is 155 cm³/mol. The Hall–Kier alpha value is -5.47. The lowest BCUT2D eigenvalue weighted by Gasteiger charge is -2.25. The normalized spacial score (nSPS) is 12.8. The fourth-order valence-corrected chi connectivity index (χ4v) is 4.05. The number of nitrogen functional groups attached to an aromatic ring is 1. The molecule has 0 bridgehead atoms. The van der Waals surface area contributed by atoms with Crippen LogP contribution in [0.15, 0.2) is 65.7 Å². The van der Waals surface area contributed by atoms with Crippen LogP contribution in [0.1, 0.15) is 34.6 Å². The van der Waals surface area contributed by atoms with E-state index in [9.17, 15) is 19.2 Å². The number of guanidine groups is 1. The molecular formula is C27H35N11O4. The van der Waals surface area contributed by atoms with Crippen molar-refractivity contribution >= 4 is 35.5 Å². The Kier molecular flexibility index (Phi) is 11.4. The van der Waals surface area contributed by atoms with Crippen molar-refractivity contribution in [3.05, 3.63) is 77.6 Å². The second kappa shape index (κ2) is 15.4. The third kappa shape index (κ3) is 9.93. The summed E-state index contributed by atoms with van der Waals surface area (Å²) in [6.45, 7) is 0.197. The number of aromatic amines is 1. The maximum absolute atomic E-state index is 13.6. The summed E-state index contributed by atoms with van der Waals surface area (Å²) in [4.78, 5) is 59.7. The number of primary amides is 1. The lowest BCUT2D eigenvalue weighted by atomic mass is 10.0. The van der Waals surface area contributed by atoms with E-state index in [0.717, 1.165) is 11.1 Å². The van der Waals surface area contributed by atoms with Crippen LogP contribution in [0.2, 0.25) is 0 Å². The number of rotatable bonds is 15. The van der Waals surface area contributed by atoms with Crippen molar-refractivity contribution in [3.8, 4) is 0 Å². The molecule has 0 aliphatic rings. The van der Waals surface area contributed by atoms with Crippen LogP contribution in [-0.4, -0.2) is 69.4 Å². The van der Waals surface area contributed by atoms with Crippen LogP contribution in [0.3, 0.4) is 0 Å². The number of hydrogen-bond acceptors (Lipinski definition) is 8. The molecule has 3 atom stereocenters. The topological polar surface area (TPSA) is 262 Å². The van der Waals surface area contributed by atoms with Crippen molar-refractivity contribution < 1.29 is 19.2 Å². The first-order valence-electron chi connectivity index (χ1n) is 13.1. The van der Waals surface area contributed by atoms with Crippen molar-refractivity contribution in [1.82, 2.24) is 31.1 Å². The van der Waals surface area contributed by atoms with Crippen LogP contribution in [0.5, 0.6) is 0 Å². The average molecular weight is 578 g/mol. The van der Waals surface area contributed by atoms with Crippen LogP contribution >= 0.6 is 0 Å². The summed E-state index contributed by atoms with van der Waals surface area (Å²) in [5, 5.41) is 14.0. The number of H-pyrrole nitrogens is 1. The molecule has 222 valence electrons.